The molecule has 2 N–H and O–H groups in total. The Morgan fingerprint density at radius 2 is 1.70 bits per heavy atom. The molecule has 1 fully saturated rings. The predicted molar refractivity (Wildman–Crippen MR) is 117 cm³/mol. The SMILES string of the molecule is CC(C)(C)OC(=O)NCC1CCN(C(=O)c2cccc(NC(=O)C(C)(C)C)c2)CC1. The van der Waals surface area contributed by atoms with Crippen LogP contribution in [0.5, 0.6) is 0 Å². The average Bonchev–Trinajstić information content (AvgIpc) is 2.64. The van der Waals surface area contributed by atoms with Gasteiger partial charge in [0.1, 0.15) is 5.60 Å². The summed E-state index contributed by atoms with van der Waals surface area (Å²) < 4.78 is 5.26. The molecule has 7 nitrogen and oxygen atoms in total. The molecule has 0 unspecified atom stereocenters. The van der Waals surface area contributed by atoms with Crippen molar-refractivity contribution in [3.05, 3.63) is 29.8 Å². The number of ether oxygens (including phenoxy) is 1. The number of likely N-dealkylation sites (tertiary alicyclic amines) is 1. The number of anilines is 1. The molecule has 1 aliphatic heterocycles. The van der Waals surface area contributed by atoms with Crippen LogP contribution in [0.15, 0.2) is 24.3 Å². The van der Waals surface area contributed by atoms with Gasteiger partial charge in [0.25, 0.3) is 5.91 Å². The number of rotatable bonds is 4. The molecule has 0 radical (unpaired) electrons. The maximum absolute atomic E-state index is 12.9. The van der Waals surface area contributed by atoms with Crippen molar-refractivity contribution in [3.63, 3.8) is 0 Å². The zero-order valence-corrected chi connectivity index (χ0v) is 19.0. The van der Waals surface area contributed by atoms with Gasteiger partial charge in [0.15, 0.2) is 0 Å². The Kier molecular flexibility index (Phi) is 7.50. The fourth-order valence-corrected chi connectivity index (χ4v) is 3.11. The van der Waals surface area contributed by atoms with Gasteiger partial charge in [-0.05, 0) is 57.7 Å². The summed E-state index contributed by atoms with van der Waals surface area (Å²) in [5, 5.41) is 5.69. The van der Waals surface area contributed by atoms with Gasteiger partial charge in [-0.25, -0.2) is 4.79 Å². The van der Waals surface area contributed by atoms with Gasteiger partial charge >= 0.3 is 6.09 Å². The van der Waals surface area contributed by atoms with Crippen molar-refractivity contribution in [3.8, 4) is 0 Å². The summed E-state index contributed by atoms with van der Waals surface area (Å²) in [6, 6.07) is 7.06. The number of nitrogens with zero attached hydrogens (tertiary/aromatic N) is 1. The van der Waals surface area contributed by atoms with Gasteiger partial charge in [0.05, 0.1) is 0 Å². The summed E-state index contributed by atoms with van der Waals surface area (Å²) in [5.41, 5.74) is 0.167. The summed E-state index contributed by atoms with van der Waals surface area (Å²) >= 11 is 0. The van der Waals surface area contributed by atoms with Gasteiger partial charge in [-0.3, -0.25) is 9.59 Å². The first-order valence-corrected chi connectivity index (χ1v) is 10.5. The number of piperidine rings is 1. The molecular formula is C23H35N3O4. The predicted octanol–water partition coefficient (Wildman–Crippen LogP) is 4.05. The zero-order valence-electron chi connectivity index (χ0n) is 19.0. The lowest BCUT2D eigenvalue weighted by molar-refractivity contribution is -0.123. The third kappa shape index (κ3) is 7.35. The molecule has 1 aromatic rings. The Morgan fingerprint density at radius 3 is 2.27 bits per heavy atom. The minimum atomic E-state index is -0.513. The van der Waals surface area contributed by atoms with Crippen molar-refractivity contribution in [2.24, 2.45) is 11.3 Å². The number of benzene rings is 1. The van der Waals surface area contributed by atoms with E-state index in [1.54, 1.807) is 24.3 Å². The average molecular weight is 418 g/mol. The smallest absolute Gasteiger partial charge is 0.407 e. The first-order chi connectivity index (χ1) is 13.8. The third-order valence-corrected chi connectivity index (χ3v) is 4.88. The van der Waals surface area contributed by atoms with E-state index < -0.39 is 17.1 Å². The molecule has 2 rings (SSSR count). The second-order valence-electron chi connectivity index (χ2n) is 9.90. The first-order valence-electron chi connectivity index (χ1n) is 10.5. The minimum Gasteiger partial charge on any atom is -0.444 e. The molecule has 30 heavy (non-hydrogen) atoms. The summed E-state index contributed by atoms with van der Waals surface area (Å²) in [6.45, 7) is 12.9. The van der Waals surface area contributed by atoms with Crippen LogP contribution in [0, 0.1) is 11.3 Å². The third-order valence-electron chi connectivity index (χ3n) is 4.88. The number of hydrogen-bond acceptors (Lipinski definition) is 4. The molecular weight excluding hydrogens is 382 g/mol. The Balaban J connectivity index is 1.86. The fraction of sp³-hybridized carbons (Fsp3) is 0.609. The Bertz CT molecular complexity index is 769. The molecule has 0 spiro atoms. The molecule has 1 aromatic carbocycles. The standard InChI is InChI=1S/C23H35N3O4/c1-22(2,3)20(28)25-18-9-7-8-17(14-18)19(27)26-12-10-16(11-13-26)15-24-21(29)30-23(4,5)6/h7-9,14,16H,10-13,15H2,1-6H3,(H,24,29)(H,25,28). The van der Waals surface area contributed by atoms with Gasteiger partial charge in [0.2, 0.25) is 5.91 Å². The van der Waals surface area contributed by atoms with E-state index in [-0.39, 0.29) is 11.8 Å². The minimum absolute atomic E-state index is 0.0413. The van der Waals surface area contributed by atoms with Crippen molar-refractivity contribution in [1.29, 1.82) is 0 Å². The van der Waals surface area contributed by atoms with Crippen LogP contribution in [0.2, 0.25) is 0 Å². The summed E-state index contributed by atoms with van der Waals surface area (Å²) in [5.74, 6) is 0.185. The second-order valence-corrected chi connectivity index (χ2v) is 9.90. The van der Waals surface area contributed by atoms with Gasteiger partial charge in [0, 0.05) is 36.3 Å². The lowest BCUT2D eigenvalue weighted by Crippen LogP contribution is -2.42. The highest BCUT2D eigenvalue weighted by molar-refractivity contribution is 5.98. The lowest BCUT2D eigenvalue weighted by Gasteiger charge is -2.32. The van der Waals surface area contributed by atoms with Crippen LogP contribution < -0.4 is 10.6 Å². The maximum Gasteiger partial charge on any atom is 0.407 e. The highest BCUT2D eigenvalue weighted by atomic mass is 16.6. The molecule has 0 bridgehead atoms. The number of amides is 3. The van der Waals surface area contributed by atoms with E-state index in [9.17, 15) is 14.4 Å². The second kappa shape index (κ2) is 9.49. The number of carbonyl (C=O) groups excluding carboxylic acids is 3. The fourth-order valence-electron chi connectivity index (χ4n) is 3.11. The van der Waals surface area contributed by atoms with Crippen LogP contribution in [0.4, 0.5) is 10.5 Å². The van der Waals surface area contributed by atoms with Gasteiger partial charge in [-0.2, -0.15) is 0 Å². The Hall–Kier alpha value is -2.57. The van der Waals surface area contributed by atoms with Crippen molar-refractivity contribution in [2.45, 2.75) is 60.0 Å². The van der Waals surface area contributed by atoms with Crippen LogP contribution in [0.3, 0.4) is 0 Å². The van der Waals surface area contributed by atoms with Gasteiger partial charge in [-0.1, -0.05) is 26.8 Å². The van der Waals surface area contributed by atoms with E-state index in [2.05, 4.69) is 10.6 Å². The van der Waals surface area contributed by atoms with E-state index in [1.807, 2.05) is 46.4 Å². The number of carbonyl (C=O) groups is 3. The molecule has 166 valence electrons. The van der Waals surface area contributed by atoms with Crippen molar-refractivity contribution in [2.75, 3.05) is 25.0 Å². The van der Waals surface area contributed by atoms with Crippen LogP contribution >= 0.6 is 0 Å². The lowest BCUT2D eigenvalue weighted by atomic mass is 9.95. The summed E-state index contributed by atoms with van der Waals surface area (Å²) in [4.78, 5) is 38.7. The Morgan fingerprint density at radius 1 is 1.07 bits per heavy atom. The van der Waals surface area contributed by atoms with E-state index in [1.165, 1.54) is 0 Å². The van der Waals surface area contributed by atoms with E-state index >= 15 is 0 Å². The van der Waals surface area contributed by atoms with E-state index in [0.29, 0.717) is 36.8 Å². The van der Waals surface area contributed by atoms with Crippen LogP contribution in [0.1, 0.15) is 64.7 Å². The van der Waals surface area contributed by atoms with Crippen LogP contribution in [-0.4, -0.2) is 48.0 Å². The first kappa shape index (κ1) is 23.7. The Labute approximate surface area is 179 Å². The highest BCUT2D eigenvalue weighted by Crippen LogP contribution is 2.22. The number of hydrogen-bond donors (Lipinski definition) is 2. The normalized spacial score (nSPS) is 15.5. The molecule has 1 aliphatic rings. The van der Waals surface area contributed by atoms with Crippen molar-refractivity contribution >= 4 is 23.6 Å². The molecule has 0 aromatic heterocycles. The highest BCUT2D eigenvalue weighted by Gasteiger charge is 2.26. The van der Waals surface area contributed by atoms with Crippen molar-refractivity contribution in [1.82, 2.24) is 10.2 Å². The molecule has 1 heterocycles. The molecule has 7 heteroatoms. The summed E-state index contributed by atoms with van der Waals surface area (Å²) in [7, 11) is 0. The quantitative estimate of drug-likeness (QED) is 0.774. The molecule has 0 atom stereocenters. The monoisotopic (exact) mass is 417 g/mol. The topological polar surface area (TPSA) is 87.7 Å². The summed E-state index contributed by atoms with van der Waals surface area (Å²) in [6.07, 6.45) is 1.24. The van der Waals surface area contributed by atoms with Crippen molar-refractivity contribution < 1.29 is 19.1 Å². The molecule has 0 saturated carbocycles. The number of nitrogens with one attached hydrogen (secondary N) is 2. The molecule has 0 aliphatic carbocycles. The number of alkyl carbamates (subject to hydrolysis) is 1. The van der Waals surface area contributed by atoms with Gasteiger partial charge in [-0.15, -0.1) is 0 Å². The van der Waals surface area contributed by atoms with E-state index in [0.717, 1.165) is 12.8 Å². The zero-order chi connectivity index (χ0) is 22.5. The largest absolute Gasteiger partial charge is 0.444 e. The van der Waals surface area contributed by atoms with Gasteiger partial charge < -0.3 is 20.3 Å². The van der Waals surface area contributed by atoms with Crippen LogP contribution in [0.25, 0.3) is 0 Å². The maximum atomic E-state index is 12.9. The molecule has 1 saturated heterocycles. The van der Waals surface area contributed by atoms with Crippen LogP contribution in [-0.2, 0) is 9.53 Å². The molecule has 3 amide bonds. The van der Waals surface area contributed by atoms with E-state index in [4.69, 9.17) is 4.74 Å².